The number of hydrogen-bond acceptors (Lipinski definition) is 3. The SMILES string of the molecule is Cc1cc(C)n(CCCC(=O)N2CCCNC(=O)[C@@H]2C)n1. The minimum absolute atomic E-state index is 0.0561. The molecule has 2 amide bonds. The van der Waals surface area contributed by atoms with E-state index in [0.29, 0.717) is 19.5 Å². The van der Waals surface area contributed by atoms with Crippen LogP contribution in [0.2, 0.25) is 0 Å². The number of nitrogens with one attached hydrogen (secondary N) is 1. The van der Waals surface area contributed by atoms with Gasteiger partial charge in [-0.05, 0) is 39.7 Å². The molecular weight excluding hydrogens is 268 g/mol. The van der Waals surface area contributed by atoms with Gasteiger partial charge in [0.2, 0.25) is 11.8 Å². The molecule has 1 N–H and O–H groups in total. The van der Waals surface area contributed by atoms with Crippen LogP contribution in [0, 0.1) is 13.8 Å². The molecule has 6 nitrogen and oxygen atoms in total. The van der Waals surface area contributed by atoms with E-state index >= 15 is 0 Å². The number of carbonyl (C=O) groups excluding carboxylic acids is 2. The van der Waals surface area contributed by atoms with E-state index in [-0.39, 0.29) is 17.9 Å². The lowest BCUT2D eigenvalue weighted by Crippen LogP contribution is -2.45. The largest absolute Gasteiger partial charge is 0.354 e. The van der Waals surface area contributed by atoms with Crippen molar-refractivity contribution < 1.29 is 9.59 Å². The van der Waals surface area contributed by atoms with Crippen molar-refractivity contribution in [1.82, 2.24) is 20.0 Å². The van der Waals surface area contributed by atoms with Crippen LogP contribution in [0.4, 0.5) is 0 Å². The zero-order chi connectivity index (χ0) is 15.4. The normalized spacial score (nSPS) is 19.3. The predicted octanol–water partition coefficient (Wildman–Crippen LogP) is 1.02. The Labute approximate surface area is 125 Å². The quantitative estimate of drug-likeness (QED) is 0.901. The van der Waals surface area contributed by atoms with Crippen LogP contribution in [0.5, 0.6) is 0 Å². The topological polar surface area (TPSA) is 67.2 Å². The van der Waals surface area contributed by atoms with Gasteiger partial charge in [-0.2, -0.15) is 5.10 Å². The first-order chi connectivity index (χ1) is 9.99. The number of aromatic nitrogens is 2. The molecule has 0 unspecified atom stereocenters. The van der Waals surface area contributed by atoms with E-state index in [9.17, 15) is 9.59 Å². The van der Waals surface area contributed by atoms with Gasteiger partial charge in [-0.1, -0.05) is 0 Å². The zero-order valence-corrected chi connectivity index (χ0v) is 13.1. The van der Waals surface area contributed by atoms with Gasteiger partial charge in [-0.3, -0.25) is 14.3 Å². The minimum Gasteiger partial charge on any atom is -0.354 e. The van der Waals surface area contributed by atoms with Gasteiger partial charge >= 0.3 is 0 Å². The second-order valence-corrected chi connectivity index (χ2v) is 5.66. The maximum Gasteiger partial charge on any atom is 0.242 e. The van der Waals surface area contributed by atoms with Crippen LogP contribution in [-0.2, 0) is 16.1 Å². The number of carbonyl (C=O) groups is 2. The van der Waals surface area contributed by atoms with Crippen LogP contribution < -0.4 is 5.32 Å². The maximum absolute atomic E-state index is 12.3. The van der Waals surface area contributed by atoms with Crippen molar-refractivity contribution in [2.45, 2.75) is 52.6 Å². The van der Waals surface area contributed by atoms with Crippen LogP contribution >= 0.6 is 0 Å². The highest BCUT2D eigenvalue weighted by atomic mass is 16.2. The summed E-state index contributed by atoms with van der Waals surface area (Å²) in [7, 11) is 0. The molecule has 1 aromatic rings. The summed E-state index contributed by atoms with van der Waals surface area (Å²) < 4.78 is 1.93. The van der Waals surface area contributed by atoms with Gasteiger partial charge in [0.25, 0.3) is 0 Å². The van der Waals surface area contributed by atoms with E-state index in [1.54, 1.807) is 11.8 Å². The summed E-state index contributed by atoms with van der Waals surface area (Å²) >= 11 is 0. The summed E-state index contributed by atoms with van der Waals surface area (Å²) in [5.41, 5.74) is 2.11. The first kappa shape index (κ1) is 15.5. The molecule has 1 fully saturated rings. The van der Waals surface area contributed by atoms with Crippen LogP contribution in [-0.4, -0.2) is 45.6 Å². The third-order valence-electron chi connectivity index (χ3n) is 3.91. The molecule has 0 spiro atoms. The molecule has 1 aliphatic rings. The molecule has 2 rings (SSSR count). The highest BCUT2D eigenvalue weighted by Crippen LogP contribution is 2.10. The average Bonchev–Trinajstić information content (AvgIpc) is 2.65. The van der Waals surface area contributed by atoms with Gasteiger partial charge in [0.1, 0.15) is 6.04 Å². The Morgan fingerprint density at radius 1 is 1.48 bits per heavy atom. The van der Waals surface area contributed by atoms with Crippen LogP contribution in [0.25, 0.3) is 0 Å². The molecule has 0 aliphatic carbocycles. The lowest BCUT2D eigenvalue weighted by atomic mass is 10.2. The Bertz CT molecular complexity index is 524. The van der Waals surface area contributed by atoms with Crippen molar-refractivity contribution in [3.05, 3.63) is 17.5 Å². The summed E-state index contributed by atoms with van der Waals surface area (Å²) in [4.78, 5) is 25.8. The second-order valence-electron chi connectivity index (χ2n) is 5.66. The number of hydrogen-bond donors (Lipinski definition) is 1. The lowest BCUT2D eigenvalue weighted by Gasteiger charge is -2.25. The molecule has 0 radical (unpaired) electrons. The van der Waals surface area contributed by atoms with Crippen LogP contribution in [0.15, 0.2) is 6.07 Å². The van der Waals surface area contributed by atoms with E-state index in [2.05, 4.69) is 10.4 Å². The maximum atomic E-state index is 12.3. The Balaban J connectivity index is 1.86. The standard InChI is InChI=1S/C15H24N4O2/c1-11-10-12(2)19(17-11)9-4-6-14(20)18-8-5-7-16-15(21)13(18)3/h10,13H,4-9H2,1-3H3,(H,16,21)/t13-/m0/s1. The third-order valence-corrected chi connectivity index (χ3v) is 3.91. The Hall–Kier alpha value is -1.85. The average molecular weight is 292 g/mol. The van der Waals surface area contributed by atoms with Crippen molar-refractivity contribution >= 4 is 11.8 Å². The van der Waals surface area contributed by atoms with Crippen molar-refractivity contribution in [2.24, 2.45) is 0 Å². The lowest BCUT2D eigenvalue weighted by molar-refractivity contribution is -0.139. The van der Waals surface area contributed by atoms with Crippen molar-refractivity contribution in [1.29, 1.82) is 0 Å². The summed E-state index contributed by atoms with van der Waals surface area (Å²) in [5, 5.41) is 7.21. The summed E-state index contributed by atoms with van der Waals surface area (Å²) in [6.07, 6.45) is 2.01. The fourth-order valence-corrected chi connectivity index (χ4v) is 2.71. The smallest absolute Gasteiger partial charge is 0.242 e. The molecule has 116 valence electrons. The molecule has 21 heavy (non-hydrogen) atoms. The molecule has 2 heterocycles. The van der Waals surface area contributed by atoms with E-state index < -0.39 is 0 Å². The molecule has 0 aromatic carbocycles. The highest BCUT2D eigenvalue weighted by molar-refractivity contribution is 5.87. The van der Waals surface area contributed by atoms with Crippen LogP contribution in [0.1, 0.15) is 37.6 Å². The highest BCUT2D eigenvalue weighted by Gasteiger charge is 2.27. The number of rotatable bonds is 4. The Morgan fingerprint density at radius 2 is 2.24 bits per heavy atom. The molecule has 0 bridgehead atoms. The van der Waals surface area contributed by atoms with Gasteiger partial charge in [0, 0.05) is 31.7 Å². The van der Waals surface area contributed by atoms with Gasteiger partial charge in [0.05, 0.1) is 5.69 Å². The van der Waals surface area contributed by atoms with E-state index in [4.69, 9.17) is 0 Å². The molecule has 1 aromatic heterocycles. The van der Waals surface area contributed by atoms with Crippen molar-refractivity contribution in [3.63, 3.8) is 0 Å². The number of aryl methyl sites for hydroxylation is 3. The number of amides is 2. The van der Waals surface area contributed by atoms with Crippen molar-refractivity contribution in [2.75, 3.05) is 13.1 Å². The molecule has 1 atom stereocenters. The first-order valence-corrected chi connectivity index (χ1v) is 7.57. The number of nitrogens with zero attached hydrogens (tertiary/aromatic N) is 3. The fourth-order valence-electron chi connectivity index (χ4n) is 2.71. The zero-order valence-electron chi connectivity index (χ0n) is 13.1. The summed E-state index contributed by atoms with van der Waals surface area (Å²) in [5.74, 6) is 0.000441. The monoisotopic (exact) mass is 292 g/mol. The van der Waals surface area contributed by atoms with E-state index in [1.165, 1.54) is 0 Å². The Kier molecular flexibility index (Phi) is 4.98. The Morgan fingerprint density at radius 3 is 2.90 bits per heavy atom. The molecule has 1 saturated heterocycles. The molecular formula is C15H24N4O2. The molecule has 1 aliphatic heterocycles. The fraction of sp³-hybridized carbons (Fsp3) is 0.667. The minimum atomic E-state index is -0.367. The molecule has 0 saturated carbocycles. The summed E-state index contributed by atoms with van der Waals surface area (Å²) in [6.45, 7) is 7.81. The summed E-state index contributed by atoms with van der Waals surface area (Å²) in [6, 6.07) is 1.66. The van der Waals surface area contributed by atoms with Gasteiger partial charge in [-0.25, -0.2) is 0 Å². The predicted molar refractivity (Wildman–Crippen MR) is 79.7 cm³/mol. The third kappa shape index (κ3) is 3.83. The second kappa shape index (κ2) is 6.74. The first-order valence-electron chi connectivity index (χ1n) is 7.57. The van der Waals surface area contributed by atoms with Gasteiger partial charge in [-0.15, -0.1) is 0 Å². The van der Waals surface area contributed by atoms with Gasteiger partial charge in [0.15, 0.2) is 0 Å². The molecule has 6 heteroatoms. The van der Waals surface area contributed by atoms with E-state index in [1.807, 2.05) is 24.6 Å². The van der Waals surface area contributed by atoms with Gasteiger partial charge < -0.3 is 10.2 Å². The van der Waals surface area contributed by atoms with E-state index in [0.717, 1.165) is 30.8 Å². The van der Waals surface area contributed by atoms with Crippen molar-refractivity contribution in [3.8, 4) is 0 Å². The van der Waals surface area contributed by atoms with Crippen LogP contribution in [0.3, 0.4) is 0 Å².